The number of anilines is 1. The standard InChI is InChI=1S/C18H23Cl2N3O2/c1-18(2,3)17-22-11(10-25-4)8-15(23-17)21-9-14(24)16-12(19)6-5-7-13(16)20/h5-8,14,24H,9-10H2,1-4H3,(H,21,22,23). The van der Waals surface area contributed by atoms with Crippen molar-refractivity contribution in [2.75, 3.05) is 19.0 Å². The van der Waals surface area contributed by atoms with Crippen LogP contribution in [0, 0.1) is 0 Å². The molecule has 1 heterocycles. The first-order chi connectivity index (χ1) is 11.7. The topological polar surface area (TPSA) is 67.3 Å². The summed E-state index contributed by atoms with van der Waals surface area (Å²) in [5.74, 6) is 1.32. The van der Waals surface area contributed by atoms with Gasteiger partial charge in [-0.1, -0.05) is 50.0 Å². The number of hydrogen-bond donors (Lipinski definition) is 2. The van der Waals surface area contributed by atoms with Crippen molar-refractivity contribution in [2.24, 2.45) is 0 Å². The van der Waals surface area contributed by atoms with E-state index >= 15 is 0 Å². The van der Waals surface area contributed by atoms with E-state index in [1.54, 1.807) is 31.4 Å². The average Bonchev–Trinajstić information content (AvgIpc) is 2.52. The van der Waals surface area contributed by atoms with Crippen LogP contribution in [0.3, 0.4) is 0 Å². The number of aliphatic hydroxyl groups excluding tert-OH is 1. The van der Waals surface area contributed by atoms with Gasteiger partial charge in [0.1, 0.15) is 11.6 Å². The summed E-state index contributed by atoms with van der Waals surface area (Å²) in [5, 5.41) is 14.4. The summed E-state index contributed by atoms with van der Waals surface area (Å²) in [6.45, 7) is 6.73. The van der Waals surface area contributed by atoms with Gasteiger partial charge >= 0.3 is 0 Å². The van der Waals surface area contributed by atoms with Crippen molar-refractivity contribution in [1.29, 1.82) is 0 Å². The second-order valence-corrected chi connectivity index (χ2v) is 7.60. The highest BCUT2D eigenvalue weighted by molar-refractivity contribution is 6.36. The highest BCUT2D eigenvalue weighted by Gasteiger charge is 2.20. The quantitative estimate of drug-likeness (QED) is 0.774. The molecule has 0 bridgehead atoms. The number of aliphatic hydroxyl groups is 1. The Labute approximate surface area is 158 Å². The third-order valence-corrected chi connectivity index (χ3v) is 4.21. The van der Waals surface area contributed by atoms with Crippen molar-refractivity contribution in [3.8, 4) is 0 Å². The highest BCUT2D eigenvalue weighted by Crippen LogP contribution is 2.30. The molecule has 0 saturated heterocycles. The fourth-order valence-electron chi connectivity index (χ4n) is 2.28. The molecule has 5 nitrogen and oxygen atoms in total. The smallest absolute Gasteiger partial charge is 0.136 e. The van der Waals surface area contributed by atoms with Gasteiger partial charge in [-0.25, -0.2) is 9.97 Å². The van der Waals surface area contributed by atoms with Gasteiger partial charge in [0.05, 0.1) is 18.4 Å². The van der Waals surface area contributed by atoms with Crippen LogP contribution in [-0.2, 0) is 16.8 Å². The number of halogens is 2. The summed E-state index contributed by atoms with van der Waals surface area (Å²) >= 11 is 12.3. The summed E-state index contributed by atoms with van der Waals surface area (Å²) < 4.78 is 5.17. The molecule has 0 aliphatic heterocycles. The van der Waals surface area contributed by atoms with Crippen LogP contribution in [0.4, 0.5) is 5.82 Å². The molecule has 0 aliphatic rings. The lowest BCUT2D eigenvalue weighted by Gasteiger charge is -2.20. The molecule has 25 heavy (non-hydrogen) atoms. The largest absolute Gasteiger partial charge is 0.386 e. The van der Waals surface area contributed by atoms with E-state index in [-0.39, 0.29) is 12.0 Å². The van der Waals surface area contributed by atoms with Gasteiger partial charge in [0, 0.05) is 40.7 Å². The monoisotopic (exact) mass is 383 g/mol. The Morgan fingerprint density at radius 3 is 2.40 bits per heavy atom. The highest BCUT2D eigenvalue weighted by atomic mass is 35.5. The Bertz CT molecular complexity index is 712. The summed E-state index contributed by atoms with van der Waals surface area (Å²) in [6.07, 6.45) is -0.861. The Balaban J connectivity index is 2.20. The molecule has 1 aromatic heterocycles. The van der Waals surface area contributed by atoms with Crippen LogP contribution in [0.25, 0.3) is 0 Å². The lowest BCUT2D eigenvalue weighted by molar-refractivity contribution is 0.181. The molecule has 2 aromatic rings. The predicted octanol–water partition coefficient (Wildman–Crippen LogP) is 4.37. The molecule has 2 N–H and O–H groups in total. The van der Waals surface area contributed by atoms with Crippen molar-refractivity contribution >= 4 is 29.0 Å². The number of aromatic nitrogens is 2. The number of nitrogens with one attached hydrogen (secondary N) is 1. The van der Waals surface area contributed by atoms with E-state index in [1.165, 1.54) is 0 Å². The molecule has 0 saturated carbocycles. The molecule has 1 atom stereocenters. The van der Waals surface area contributed by atoms with Gasteiger partial charge in [0.15, 0.2) is 0 Å². The van der Waals surface area contributed by atoms with Crippen LogP contribution in [0.15, 0.2) is 24.3 Å². The third-order valence-electron chi connectivity index (χ3n) is 3.55. The van der Waals surface area contributed by atoms with Gasteiger partial charge in [-0.3, -0.25) is 0 Å². The van der Waals surface area contributed by atoms with Gasteiger partial charge in [-0.2, -0.15) is 0 Å². The predicted molar refractivity (Wildman–Crippen MR) is 101 cm³/mol. The fraction of sp³-hybridized carbons (Fsp3) is 0.444. The molecular weight excluding hydrogens is 361 g/mol. The zero-order valence-corrected chi connectivity index (χ0v) is 16.3. The van der Waals surface area contributed by atoms with Crippen molar-refractivity contribution < 1.29 is 9.84 Å². The molecule has 2 rings (SSSR count). The third kappa shape index (κ3) is 5.28. The van der Waals surface area contributed by atoms with Gasteiger partial charge in [-0.15, -0.1) is 0 Å². The first-order valence-corrected chi connectivity index (χ1v) is 8.71. The molecule has 1 unspecified atom stereocenters. The van der Waals surface area contributed by atoms with Crippen molar-refractivity contribution in [1.82, 2.24) is 9.97 Å². The Kier molecular flexibility index (Phi) is 6.63. The van der Waals surface area contributed by atoms with Crippen LogP contribution in [0.2, 0.25) is 10.0 Å². The van der Waals surface area contributed by atoms with Crippen molar-refractivity contribution in [3.63, 3.8) is 0 Å². The molecule has 0 amide bonds. The first-order valence-electron chi connectivity index (χ1n) is 7.95. The zero-order valence-electron chi connectivity index (χ0n) is 14.8. The SMILES string of the molecule is COCc1cc(NCC(O)c2c(Cl)cccc2Cl)nc(C(C)(C)C)n1. The van der Waals surface area contributed by atoms with Gasteiger partial charge in [0.2, 0.25) is 0 Å². The van der Waals surface area contributed by atoms with Crippen LogP contribution in [0.5, 0.6) is 0 Å². The lowest BCUT2D eigenvalue weighted by atomic mass is 9.95. The Morgan fingerprint density at radius 2 is 1.84 bits per heavy atom. The number of methoxy groups -OCH3 is 1. The van der Waals surface area contributed by atoms with E-state index in [0.29, 0.717) is 33.9 Å². The fourth-order valence-corrected chi connectivity index (χ4v) is 2.93. The maximum absolute atomic E-state index is 10.4. The molecule has 1 aromatic carbocycles. The number of benzene rings is 1. The molecule has 0 aliphatic carbocycles. The minimum Gasteiger partial charge on any atom is -0.386 e. The van der Waals surface area contributed by atoms with E-state index in [9.17, 15) is 5.11 Å². The summed E-state index contributed by atoms with van der Waals surface area (Å²) in [4.78, 5) is 9.07. The maximum atomic E-state index is 10.4. The summed E-state index contributed by atoms with van der Waals surface area (Å²) in [6, 6.07) is 6.95. The molecule has 0 radical (unpaired) electrons. The van der Waals surface area contributed by atoms with Crippen LogP contribution >= 0.6 is 23.2 Å². The van der Waals surface area contributed by atoms with Gasteiger partial charge in [-0.05, 0) is 12.1 Å². The number of nitrogens with zero attached hydrogens (tertiary/aromatic N) is 2. The molecule has 136 valence electrons. The van der Waals surface area contributed by atoms with Crippen LogP contribution in [-0.4, -0.2) is 28.7 Å². The second-order valence-electron chi connectivity index (χ2n) is 6.78. The van der Waals surface area contributed by atoms with E-state index in [1.807, 2.05) is 20.8 Å². The average molecular weight is 384 g/mol. The van der Waals surface area contributed by atoms with Gasteiger partial charge < -0.3 is 15.2 Å². The van der Waals surface area contributed by atoms with E-state index < -0.39 is 6.10 Å². The minimum atomic E-state index is -0.861. The normalized spacial score (nSPS) is 12.9. The summed E-state index contributed by atoms with van der Waals surface area (Å²) in [7, 11) is 1.62. The number of rotatable bonds is 6. The molecule has 0 spiro atoms. The van der Waals surface area contributed by atoms with Crippen molar-refractivity contribution in [3.05, 3.63) is 51.4 Å². The second kappa shape index (κ2) is 8.32. The molecule has 7 heteroatoms. The summed E-state index contributed by atoms with van der Waals surface area (Å²) in [5.41, 5.74) is 1.07. The molecular formula is C18H23Cl2N3O2. The van der Waals surface area contributed by atoms with E-state index in [4.69, 9.17) is 27.9 Å². The van der Waals surface area contributed by atoms with E-state index in [0.717, 1.165) is 5.69 Å². The zero-order chi connectivity index (χ0) is 18.6. The van der Waals surface area contributed by atoms with E-state index in [2.05, 4.69) is 15.3 Å². The minimum absolute atomic E-state index is 0.204. The van der Waals surface area contributed by atoms with Crippen molar-refractivity contribution in [2.45, 2.75) is 38.9 Å². The number of hydrogen-bond acceptors (Lipinski definition) is 5. The maximum Gasteiger partial charge on any atom is 0.136 e. The van der Waals surface area contributed by atoms with Crippen LogP contribution in [0.1, 0.15) is 44.0 Å². The van der Waals surface area contributed by atoms with Crippen LogP contribution < -0.4 is 5.32 Å². The number of ether oxygens (including phenoxy) is 1. The van der Waals surface area contributed by atoms with Gasteiger partial charge in [0.25, 0.3) is 0 Å². The Hall–Kier alpha value is -1.40. The lowest BCUT2D eigenvalue weighted by Crippen LogP contribution is -2.20. The first kappa shape index (κ1) is 19.9. The molecule has 0 fully saturated rings. The Morgan fingerprint density at radius 1 is 1.20 bits per heavy atom.